The SMILES string of the molecule is Cc1cc(NCCN2CCOCC2)nc(C)c1C#N. The van der Waals surface area contributed by atoms with Crippen molar-refractivity contribution in [2.75, 3.05) is 44.7 Å². The Hall–Kier alpha value is -1.64. The van der Waals surface area contributed by atoms with Crippen molar-refractivity contribution >= 4 is 5.82 Å². The summed E-state index contributed by atoms with van der Waals surface area (Å²) in [6.07, 6.45) is 0. The molecular weight excluding hydrogens is 240 g/mol. The zero-order valence-corrected chi connectivity index (χ0v) is 11.6. The third kappa shape index (κ3) is 3.66. The molecule has 5 nitrogen and oxygen atoms in total. The molecule has 1 aromatic rings. The number of ether oxygens (including phenoxy) is 1. The predicted octanol–water partition coefficient (Wildman–Crippen LogP) is 1.31. The molecule has 0 aliphatic carbocycles. The topological polar surface area (TPSA) is 61.2 Å². The minimum atomic E-state index is 0.679. The summed E-state index contributed by atoms with van der Waals surface area (Å²) in [6, 6.07) is 4.12. The van der Waals surface area contributed by atoms with Gasteiger partial charge in [-0.3, -0.25) is 4.90 Å². The summed E-state index contributed by atoms with van der Waals surface area (Å²) in [4.78, 5) is 6.79. The molecule has 0 atom stereocenters. The Kier molecular flexibility index (Phi) is 4.72. The van der Waals surface area contributed by atoms with Gasteiger partial charge in [0.05, 0.1) is 24.5 Å². The number of nitrogens with zero attached hydrogens (tertiary/aromatic N) is 3. The second-order valence-corrected chi connectivity index (χ2v) is 4.78. The zero-order chi connectivity index (χ0) is 13.7. The maximum Gasteiger partial charge on any atom is 0.126 e. The molecule has 0 aromatic carbocycles. The molecule has 0 amide bonds. The number of anilines is 1. The standard InChI is InChI=1S/C14H20N4O/c1-11-9-14(17-12(2)13(11)10-15)16-3-4-18-5-7-19-8-6-18/h9H,3-8H2,1-2H3,(H,16,17). The molecule has 1 aromatic heterocycles. The fourth-order valence-electron chi connectivity index (χ4n) is 2.26. The van der Waals surface area contributed by atoms with Crippen LogP contribution in [0.15, 0.2) is 6.07 Å². The Labute approximate surface area is 114 Å². The van der Waals surface area contributed by atoms with Crippen LogP contribution in [0, 0.1) is 25.2 Å². The van der Waals surface area contributed by atoms with Crippen molar-refractivity contribution in [3.8, 4) is 6.07 Å². The van der Waals surface area contributed by atoms with Crippen molar-refractivity contribution in [3.63, 3.8) is 0 Å². The van der Waals surface area contributed by atoms with E-state index in [-0.39, 0.29) is 0 Å². The van der Waals surface area contributed by atoms with Gasteiger partial charge in [-0.2, -0.15) is 5.26 Å². The molecule has 0 saturated carbocycles. The normalized spacial score (nSPS) is 16.1. The molecule has 1 aliphatic rings. The van der Waals surface area contributed by atoms with Gasteiger partial charge >= 0.3 is 0 Å². The highest BCUT2D eigenvalue weighted by Crippen LogP contribution is 2.15. The zero-order valence-electron chi connectivity index (χ0n) is 11.6. The molecule has 0 radical (unpaired) electrons. The molecule has 0 spiro atoms. The van der Waals surface area contributed by atoms with Crippen LogP contribution < -0.4 is 5.32 Å². The van der Waals surface area contributed by atoms with E-state index in [0.717, 1.165) is 56.5 Å². The molecule has 1 N–H and O–H groups in total. The highest BCUT2D eigenvalue weighted by atomic mass is 16.5. The number of morpholine rings is 1. The van der Waals surface area contributed by atoms with E-state index >= 15 is 0 Å². The van der Waals surface area contributed by atoms with Crippen LogP contribution in [0.4, 0.5) is 5.82 Å². The van der Waals surface area contributed by atoms with Gasteiger partial charge < -0.3 is 10.1 Å². The largest absolute Gasteiger partial charge is 0.379 e. The first-order chi connectivity index (χ1) is 9.20. The van der Waals surface area contributed by atoms with E-state index < -0.39 is 0 Å². The van der Waals surface area contributed by atoms with Crippen molar-refractivity contribution in [3.05, 3.63) is 22.9 Å². The van der Waals surface area contributed by atoms with Crippen LogP contribution in [0.3, 0.4) is 0 Å². The van der Waals surface area contributed by atoms with Crippen LogP contribution in [-0.4, -0.2) is 49.3 Å². The van der Waals surface area contributed by atoms with Gasteiger partial charge in [0.25, 0.3) is 0 Å². The summed E-state index contributed by atoms with van der Waals surface area (Å²) in [7, 11) is 0. The lowest BCUT2D eigenvalue weighted by Gasteiger charge is -2.26. The lowest BCUT2D eigenvalue weighted by molar-refractivity contribution is 0.0398. The molecule has 1 fully saturated rings. The quantitative estimate of drug-likeness (QED) is 0.884. The van der Waals surface area contributed by atoms with Gasteiger partial charge in [0, 0.05) is 26.2 Å². The van der Waals surface area contributed by atoms with Crippen molar-refractivity contribution < 1.29 is 4.74 Å². The van der Waals surface area contributed by atoms with Crippen molar-refractivity contribution in [2.24, 2.45) is 0 Å². The van der Waals surface area contributed by atoms with E-state index in [1.54, 1.807) is 0 Å². The fraction of sp³-hybridized carbons (Fsp3) is 0.571. The van der Waals surface area contributed by atoms with Gasteiger partial charge in [-0.25, -0.2) is 4.98 Å². The van der Waals surface area contributed by atoms with Gasteiger partial charge in [0.1, 0.15) is 11.9 Å². The Morgan fingerprint density at radius 2 is 2.16 bits per heavy atom. The smallest absolute Gasteiger partial charge is 0.126 e. The Morgan fingerprint density at radius 3 is 2.79 bits per heavy atom. The fourth-order valence-corrected chi connectivity index (χ4v) is 2.26. The van der Waals surface area contributed by atoms with Gasteiger partial charge in [-0.15, -0.1) is 0 Å². The van der Waals surface area contributed by atoms with E-state index in [1.807, 2.05) is 19.9 Å². The molecule has 102 valence electrons. The van der Waals surface area contributed by atoms with Gasteiger partial charge in [0.2, 0.25) is 0 Å². The average Bonchev–Trinajstić information content (AvgIpc) is 2.40. The van der Waals surface area contributed by atoms with Crippen LogP contribution in [0.2, 0.25) is 0 Å². The lowest BCUT2D eigenvalue weighted by atomic mass is 10.1. The summed E-state index contributed by atoms with van der Waals surface area (Å²) in [6.45, 7) is 9.32. The first-order valence-electron chi connectivity index (χ1n) is 6.63. The Morgan fingerprint density at radius 1 is 1.42 bits per heavy atom. The Bertz CT molecular complexity index is 452. The van der Waals surface area contributed by atoms with Crippen molar-refractivity contribution in [2.45, 2.75) is 13.8 Å². The van der Waals surface area contributed by atoms with Crippen LogP contribution in [-0.2, 0) is 4.74 Å². The number of nitriles is 1. The van der Waals surface area contributed by atoms with E-state index in [9.17, 15) is 0 Å². The molecular formula is C14H20N4O. The van der Waals surface area contributed by atoms with E-state index in [1.165, 1.54) is 0 Å². The maximum atomic E-state index is 9.01. The van der Waals surface area contributed by atoms with Gasteiger partial charge in [0.15, 0.2) is 0 Å². The number of hydrogen-bond acceptors (Lipinski definition) is 5. The predicted molar refractivity (Wildman–Crippen MR) is 74.2 cm³/mol. The monoisotopic (exact) mass is 260 g/mol. The first kappa shape index (κ1) is 13.8. The molecule has 2 heterocycles. The van der Waals surface area contributed by atoms with E-state index in [0.29, 0.717) is 5.56 Å². The highest BCUT2D eigenvalue weighted by molar-refractivity contribution is 5.48. The number of nitrogens with one attached hydrogen (secondary N) is 1. The van der Waals surface area contributed by atoms with Crippen LogP contribution in [0.5, 0.6) is 0 Å². The molecule has 1 saturated heterocycles. The van der Waals surface area contributed by atoms with E-state index in [2.05, 4.69) is 21.3 Å². The number of rotatable bonds is 4. The summed E-state index contributed by atoms with van der Waals surface area (Å²) >= 11 is 0. The maximum absolute atomic E-state index is 9.01. The minimum absolute atomic E-state index is 0.679. The second kappa shape index (κ2) is 6.50. The molecule has 0 bridgehead atoms. The summed E-state index contributed by atoms with van der Waals surface area (Å²) < 4.78 is 5.32. The van der Waals surface area contributed by atoms with Crippen LogP contribution in [0.1, 0.15) is 16.8 Å². The summed E-state index contributed by atoms with van der Waals surface area (Å²) in [5, 5.41) is 12.3. The lowest BCUT2D eigenvalue weighted by Crippen LogP contribution is -2.39. The molecule has 0 unspecified atom stereocenters. The summed E-state index contributed by atoms with van der Waals surface area (Å²) in [5.41, 5.74) is 2.44. The van der Waals surface area contributed by atoms with E-state index in [4.69, 9.17) is 10.00 Å². The summed E-state index contributed by atoms with van der Waals surface area (Å²) in [5.74, 6) is 0.849. The first-order valence-corrected chi connectivity index (χ1v) is 6.63. The third-order valence-corrected chi connectivity index (χ3v) is 3.35. The highest BCUT2D eigenvalue weighted by Gasteiger charge is 2.10. The number of pyridine rings is 1. The van der Waals surface area contributed by atoms with Crippen molar-refractivity contribution in [1.29, 1.82) is 5.26 Å². The third-order valence-electron chi connectivity index (χ3n) is 3.35. The number of aryl methyl sites for hydroxylation is 2. The average molecular weight is 260 g/mol. The molecule has 2 rings (SSSR count). The van der Waals surface area contributed by atoms with Gasteiger partial charge in [-0.1, -0.05) is 0 Å². The number of hydrogen-bond donors (Lipinski definition) is 1. The van der Waals surface area contributed by atoms with Crippen LogP contribution >= 0.6 is 0 Å². The molecule has 1 aliphatic heterocycles. The Balaban J connectivity index is 1.87. The van der Waals surface area contributed by atoms with Crippen molar-refractivity contribution in [1.82, 2.24) is 9.88 Å². The second-order valence-electron chi connectivity index (χ2n) is 4.78. The molecule has 19 heavy (non-hydrogen) atoms. The number of aromatic nitrogens is 1. The molecule has 5 heteroatoms. The minimum Gasteiger partial charge on any atom is -0.379 e. The van der Waals surface area contributed by atoms with Gasteiger partial charge in [-0.05, 0) is 25.5 Å². The van der Waals surface area contributed by atoms with Crippen LogP contribution in [0.25, 0.3) is 0 Å².